The van der Waals surface area contributed by atoms with Crippen molar-refractivity contribution in [2.75, 3.05) is 0 Å². The summed E-state index contributed by atoms with van der Waals surface area (Å²) in [6.07, 6.45) is 0. The van der Waals surface area contributed by atoms with Gasteiger partial charge in [-0.15, -0.1) is 0 Å². The number of halogens is 4. The predicted octanol–water partition coefficient (Wildman–Crippen LogP) is 6.06. The Balaban J connectivity index is 1.94. The largest absolute Gasteiger partial charge is 0.456 e. The van der Waals surface area contributed by atoms with Gasteiger partial charge in [-0.3, -0.25) is 0 Å². The Kier molecular flexibility index (Phi) is 3.52. The minimum absolute atomic E-state index is 0.207. The van der Waals surface area contributed by atoms with E-state index in [2.05, 4.69) is 31.9 Å². The van der Waals surface area contributed by atoms with E-state index < -0.39 is 23.2 Å². The Hall–Kier alpha value is -2.25. The zero-order valence-electron chi connectivity index (χ0n) is 13.4. The number of rotatable bonds is 0. The molecule has 2 aliphatic heterocycles. The molecule has 0 aromatic heterocycles. The average molecular weight is 494 g/mol. The molecule has 3 aromatic rings. The second-order valence-corrected chi connectivity index (χ2v) is 7.95. The van der Waals surface area contributed by atoms with Gasteiger partial charge in [0.15, 0.2) is 5.60 Å². The van der Waals surface area contributed by atoms with Crippen molar-refractivity contribution in [3.8, 4) is 11.5 Å². The minimum Gasteiger partial charge on any atom is -0.456 e. The molecule has 0 amide bonds. The number of carbonyl (C=O) groups is 1. The van der Waals surface area contributed by atoms with Gasteiger partial charge in [-0.05, 0) is 62.2 Å². The molecule has 0 saturated heterocycles. The van der Waals surface area contributed by atoms with Gasteiger partial charge >= 0.3 is 5.97 Å². The summed E-state index contributed by atoms with van der Waals surface area (Å²) < 4.78 is 41.0. The van der Waals surface area contributed by atoms with Crippen LogP contribution in [0, 0.1) is 11.6 Å². The lowest BCUT2D eigenvalue weighted by molar-refractivity contribution is 0.0222. The van der Waals surface area contributed by atoms with E-state index in [1.165, 1.54) is 24.3 Å². The minimum atomic E-state index is -1.49. The van der Waals surface area contributed by atoms with Gasteiger partial charge < -0.3 is 9.47 Å². The molecule has 0 saturated carbocycles. The number of benzene rings is 3. The molecular weight excluding hydrogens is 486 g/mol. The highest BCUT2D eigenvalue weighted by Crippen LogP contribution is 2.57. The van der Waals surface area contributed by atoms with Crippen LogP contribution in [0.25, 0.3) is 0 Å². The molecule has 27 heavy (non-hydrogen) atoms. The summed E-state index contributed by atoms with van der Waals surface area (Å²) in [7, 11) is 0. The van der Waals surface area contributed by atoms with Crippen molar-refractivity contribution in [1.82, 2.24) is 0 Å². The Labute approximate surface area is 169 Å². The average Bonchev–Trinajstić information content (AvgIpc) is 2.93. The fourth-order valence-corrected chi connectivity index (χ4v) is 4.30. The first-order valence-corrected chi connectivity index (χ1v) is 9.50. The van der Waals surface area contributed by atoms with Crippen molar-refractivity contribution in [2.24, 2.45) is 0 Å². The monoisotopic (exact) mass is 492 g/mol. The fraction of sp³-hybridized carbons (Fsp3) is 0.0500. The van der Waals surface area contributed by atoms with Gasteiger partial charge in [0.2, 0.25) is 0 Å². The van der Waals surface area contributed by atoms with Crippen molar-refractivity contribution >= 4 is 37.8 Å². The first kappa shape index (κ1) is 16.9. The zero-order chi connectivity index (χ0) is 18.9. The molecule has 3 aromatic carbocycles. The molecule has 2 heterocycles. The predicted molar refractivity (Wildman–Crippen MR) is 100 cm³/mol. The summed E-state index contributed by atoms with van der Waals surface area (Å²) in [6, 6.07) is 12.3. The first-order valence-electron chi connectivity index (χ1n) is 7.91. The highest BCUT2D eigenvalue weighted by molar-refractivity contribution is 9.10. The number of carbonyl (C=O) groups excluding carboxylic acids is 1. The Morgan fingerprint density at radius 2 is 1.37 bits per heavy atom. The van der Waals surface area contributed by atoms with E-state index in [1.807, 2.05) is 0 Å². The van der Waals surface area contributed by atoms with Gasteiger partial charge in [0.05, 0.1) is 25.6 Å². The van der Waals surface area contributed by atoms with Crippen molar-refractivity contribution < 1.29 is 23.0 Å². The maximum absolute atomic E-state index is 14.4. The van der Waals surface area contributed by atoms with E-state index in [-0.39, 0.29) is 8.95 Å². The number of esters is 1. The maximum atomic E-state index is 14.4. The van der Waals surface area contributed by atoms with Crippen molar-refractivity contribution in [2.45, 2.75) is 5.60 Å². The number of hydrogen-bond donors (Lipinski definition) is 0. The summed E-state index contributed by atoms with van der Waals surface area (Å²) in [6.45, 7) is 0. The molecule has 0 radical (unpaired) electrons. The molecule has 134 valence electrons. The zero-order valence-corrected chi connectivity index (χ0v) is 16.5. The van der Waals surface area contributed by atoms with Gasteiger partial charge in [0, 0.05) is 5.56 Å². The van der Waals surface area contributed by atoms with Crippen LogP contribution in [0.1, 0.15) is 27.0 Å². The third kappa shape index (κ3) is 2.18. The molecule has 5 rings (SSSR count). The number of ether oxygens (including phenoxy) is 2. The Morgan fingerprint density at radius 3 is 1.96 bits per heavy atom. The highest BCUT2D eigenvalue weighted by Gasteiger charge is 2.54. The van der Waals surface area contributed by atoms with Gasteiger partial charge in [-0.1, -0.05) is 18.2 Å². The summed E-state index contributed by atoms with van der Waals surface area (Å²) in [5.74, 6) is -1.01. The van der Waals surface area contributed by atoms with Crippen LogP contribution in [0.5, 0.6) is 11.5 Å². The molecule has 0 fully saturated rings. The smallest absolute Gasteiger partial charge is 0.340 e. The normalized spacial score (nSPS) is 15.6. The lowest BCUT2D eigenvalue weighted by Crippen LogP contribution is -2.33. The molecule has 3 nitrogen and oxygen atoms in total. The van der Waals surface area contributed by atoms with Crippen molar-refractivity contribution in [3.63, 3.8) is 0 Å². The molecule has 0 aliphatic carbocycles. The van der Waals surface area contributed by atoms with Gasteiger partial charge in [0.25, 0.3) is 0 Å². The van der Waals surface area contributed by atoms with Crippen LogP contribution < -0.4 is 4.74 Å². The molecule has 2 aliphatic rings. The van der Waals surface area contributed by atoms with E-state index in [9.17, 15) is 13.6 Å². The first-order chi connectivity index (χ1) is 12.9. The fourth-order valence-electron chi connectivity index (χ4n) is 3.66. The van der Waals surface area contributed by atoms with Crippen LogP contribution in [0.2, 0.25) is 0 Å². The third-order valence-corrected chi connectivity index (χ3v) is 6.01. The van der Waals surface area contributed by atoms with E-state index in [0.717, 1.165) is 0 Å². The Bertz CT molecular complexity index is 1100. The van der Waals surface area contributed by atoms with Gasteiger partial charge in [-0.25, -0.2) is 13.6 Å². The van der Waals surface area contributed by atoms with E-state index >= 15 is 0 Å². The van der Waals surface area contributed by atoms with Crippen LogP contribution in [0.4, 0.5) is 8.78 Å². The van der Waals surface area contributed by atoms with Crippen LogP contribution in [0.15, 0.2) is 57.5 Å². The van der Waals surface area contributed by atoms with E-state index in [1.54, 1.807) is 24.3 Å². The van der Waals surface area contributed by atoms with Crippen LogP contribution in [-0.4, -0.2) is 5.97 Å². The molecule has 0 atom stereocenters. The highest BCUT2D eigenvalue weighted by atomic mass is 79.9. The van der Waals surface area contributed by atoms with Crippen LogP contribution in [-0.2, 0) is 10.3 Å². The van der Waals surface area contributed by atoms with Crippen molar-refractivity contribution in [1.29, 1.82) is 0 Å². The molecule has 1 spiro atoms. The summed E-state index contributed by atoms with van der Waals surface area (Å²) in [5, 5.41) is 0. The summed E-state index contributed by atoms with van der Waals surface area (Å²) in [4.78, 5) is 12.6. The lowest BCUT2D eigenvalue weighted by atomic mass is 9.77. The topological polar surface area (TPSA) is 35.5 Å². The molecule has 7 heteroatoms. The summed E-state index contributed by atoms with van der Waals surface area (Å²) in [5.41, 5.74) is -0.0155. The van der Waals surface area contributed by atoms with E-state index in [0.29, 0.717) is 33.8 Å². The van der Waals surface area contributed by atoms with Gasteiger partial charge in [0.1, 0.15) is 23.1 Å². The SMILES string of the molecule is O=C1OC2(c3cc(F)c(Br)cc3Oc3cc(Br)c(F)cc32)c2ccccc21. The summed E-state index contributed by atoms with van der Waals surface area (Å²) >= 11 is 6.30. The van der Waals surface area contributed by atoms with Gasteiger partial charge in [-0.2, -0.15) is 0 Å². The lowest BCUT2D eigenvalue weighted by Gasteiger charge is -2.36. The third-order valence-electron chi connectivity index (χ3n) is 4.80. The molecule has 0 bridgehead atoms. The maximum Gasteiger partial charge on any atom is 0.340 e. The molecular formula is C20H8Br2F2O3. The molecule has 0 unspecified atom stereocenters. The van der Waals surface area contributed by atoms with Crippen molar-refractivity contribution in [3.05, 3.63) is 91.4 Å². The second kappa shape index (κ2) is 5.62. The quantitative estimate of drug-likeness (QED) is 0.357. The molecule has 0 N–H and O–H groups in total. The Morgan fingerprint density at radius 1 is 0.815 bits per heavy atom. The van der Waals surface area contributed by atoms with E-state index in [4.69, 9.17) is 9.47 Å². The van der Waals surface area contributed by atoms with Crippen LogP contribution in [0.3, 0.4) is 0 Å². The number of fused-ring (bicyclic) bond motifs is 6. The van der Waals surface area contributed by atoms with Crippen LogP contribution >= 0.6 is 31.9 Å². The number of hydrogen-bond acceptors (Lipinski definition) is 3. The standard InChI is InChI=1S/C20H8Br2F2O3/c21-13-7-17-11(5-15(13)23)20(10-4-2-1-3-9(10)19(25)27-20)12-6-16(24)14(22)8-18(12)26-17/h1-8H. The second-order valence-electron chi connectivity index (χ2n) is 6.24.